The number of carbonyl (C=O) groups excluding carboxylic acids is 2. The fraction of sp³-hybridized carbons (Fsp3) is 0.619. The molecule has 2 N–H and O–H groups in total. The van der Waals surface area contributed by atoms with E-state index in [0.717, 1.165) is 25.7 Å². The number of urea groups is 1. The molecular formula is C21H30FN3O2. The van der Waals surface area contributed by atoms with Gasteiger partial charge in [0.1, 0.15) is 5.82 Å². The summed E-state index contributed by atoms with van der Waals surface area (Å²) < 4.78 is 13.6. The second kappa shape index (κ2) is 9.72. The van der Waals surface area contributed by atoms with Crippen molar-refractivity contribution in [2.24, 2.45) is 5.92 Å². The van der Waals surface area contributed by atoms with Gasteiger partial charge in [0.05, 0.1) is 0 Å². The first kappa shape index (κ1) is 19.6. The highest BCUT2D eigenvalue weighted by Crippen LogP contribution is 2.22. The Morgan fingerprint density at radius 1 is 1.04 bits per heavy atom. The Hall–Kier alpha value is -2.11. The highest BCUT2D eigenvalue weighted by molar-refractivity contribution is 5.76. The zero-order valence-electron chi connectivity index (χ0n) is 15.9. The standard InChI is InChI=1S/C21H30FN3O2/c22-19-9-5-4-6-17(19)15-23-20(26)14-16-10-12-25(13-11-16)21(27)24-18-7-2-1-3-8-18/h4-6,9,16,18H,1-3,7-8,10-15H2,(H,23,26)(H,24,27). The summed E-state index contributed by atoms with van der Waals surface area (Å²) in [5.41, 5.74) is 0.500. The average Bonchev–Trinajstić information content (AvgIpc) is 2.69. The van der Waals surface area contributed by atoms with Gasteiger partial charge in [0, 0.05) is 37.7 Å². The van der Waals surface area contributed by atoms with Gasteiger partial charge in [-0.3, -0.25) is 4.79 Å². The van der Waals surface area contributed by atoms with Crippen LogP contribution in [-0.4, -0.2) is 36.0 Å². The zero-order chi connectivity index (χ0) is 19.1. The Labute approximate surface area is 160 Å². The summed E-state index contributed by atoms with van der Waals surface area (Å²) in [6, 6.07) is 6.85. The normalized spacial score (nSPS) is 18.9. The van der Waals surface area contributed by atoms with E-state index in [0.29, 0.717) is 31.1 Å². The number of carbonyl (C=O) groups is 2. The van der Waals surface area contributed by atoms with Crippen molar-refractivity contribution < 1.29 is 14.0 Å². The predicted octanol–water partition coefficient (Wildman–Crippen LogP) is 3.59. The molecule has 1 saturated heterocycles. The van der Waals surface area contributed by atoms with E-state index in [4.69, 9.17) is 0 Å². The van der Waals surface area contributed by atoms with Crippen molar-refractivity contribution in [3.05, 3.63) is 35.6 Å². The van der Waals surface area contributed by atoms with Gasteiger partial charge in [-0.25, -0.2) is 9.18 Å². The number of hydrogen-bond donors (Lipinski definition) is 2. The van der Waals surface area contributed by atoms with E-state index in [2.05, 4.69) is 10.6 Å². The molecule has 6 heteroatoms. The van der Waals surface area contributed by atoms with Gasteiger partial charge < -0.3 is 15.5 Å². The van der Waals surface area contributed by atoms with Crippen LogP contribution in [0.4, 0.5) is 9.18 Å². The van der Waals surface area contributed by atoms with Gasteiger partial charge in [-0.2, -0.15) is 0 Å². The van der Waals surface area contributed by atoms with Gasteiger partial charge in [-0.05, 0) is 37.7 Å². The monoisotopic (exact) mass is 375 g/mol. The molecule has 3 rings (SSSR count). The number of piperidine rings is 1. The van der Waals surface area contributed by atoms with Gasteiger partial charge in [-0.15, -0.1) is 0 Å². The van der Waals surface area contributed by atoms with E-state index < -0.39 is 0 Å². The molecule has 1 aromatic rings. The number of rotatable bonds is 5. The van der Waals surface area contributed by atoms with E-state index in [1.807, 2.05) is 4.90 Å². The van der Waals surface area contributed by atoms with Crippen LogP contribution in [0.2, 0.25) is 0 Å². The Kier molecular flexibility index (Phi) is 7.07. The van der Waals surface area contributed by atoms with Gasteiger partial charge in [0.25, 0.3) is 0 Å². The summed E-state index contributed by atoms with van der Waals surface area (Å²) in [7, 11) is 0. The van der Waals surface area contributed by atoms with Gasteiger partial charge >= 0.3 is 6.03 Å². The van der Waals surface area contributed by atoms with E-state index in [1.54, 1.807) is 18.2 Å². The van der Waals surface area contributed by atoms with Crippen LogP contribution in [0.5, 0.6) is 0 Å². The first-order valence-electron chi connectivity index (χ1n) is 10.2. The summed E-state index contributed by atoms with van der Waals surface area (Å²) in [5.74, 6) is -0.0669. The summed E-state index contributed by atoms with van der Waals surface area (Å²) >= 11 is 0. The smallest absolute Gasteiger partial charge is 0.317 e. The van der Waals surface area contributed by atoms with Gasteiger partial charge in [-0.1, -0.05) is 37.5 Å². The third-order valence-corrected chi connectivity index (χ3v) is 5.74. The second-order valence-electron chi connectivity index (χ2n) is 7.79. The van der Waals surface area contributed by atoms with E-state index in [1.165, 1.54) is 25.3 Å². The molecule has 1 aliphatic carbocycles. The maximum absolute atomic E-state index is 13.6. The molecule has 2 fully saturated rings. The molecule has 1 saturated carbocycles. The number of halogens is 1. The predicted molar refractivity (Wildman–Crippen MR) is 103 cm³/mol. The molecule has 3 amide bonds. The summed E-state index contributed by atoms with van der Waals surface area (Å²) in [6.07, 6.45) is 7.97. The van der Waals surface area contributed by atoms with Crippen LogP contribution >= 0.6 is 0 Å². The molecule has 148 valence electrons. The highest BCUT2D eigenvalue weighted by atomic mass is 19.1. The summed E-state index contributed by atoms with van der Waals surface area (Å²) in [5, 5.41) is 5.96. The lowest BCUT2D eigenvalue weighted by Gasteiger charge is -2.33. The van der Waals surface area contributed by atoms with E-state index in [9.17, 15) is 14.0 Å². The van der Waals surface area contributed by atoms with Crippen LogP contribution in [0, 0.1) is 11.7 Å². The lowest BCUT2D eigenvalue weighted by Crippen LogP contribution is -2.48. The molecule has 5 nitrogen and oxygen atoms in total. The van der Waals surface area contributed by atoms with Crippen LogP contribution in [-0.2, 0) is 11.3 Å². The molecule has 27 heavy (non-hydrogen) atoms. The third-order valence-electron chi connectivity index (χ3n) is 5.74. The molecular weight excluding hydrogens is 345 g/mol. The Morgan fingerprint density at radius 2 is 1.74 bits per heavy atom. The Balaban J connectivity index is 1.35. The second-order valence-corrected chi connectivity index (χ2v) is 7.79. The molecule has 0 unspecified atom stereocenters. The SMILES string of the molecule is O=C(CC1CCN(C(=O)NC2CCCCC2)CC1)NCc1ccccc1F. The van der Waals surface area contributed by atoms with Crippen LogP contribution in [0.25, 0.3) is 0 Å². The Bertz CT molecular complexity index is 638. The van der Waals surface area contributed by atoms with Crippen molar-refractivity contribution >= 4 is 11.9 Å². The molecule has 0 aromatic heterocycles. The minimum atomic E-state index is -0.296. The zero-order valence-corrected chi connectivity index (χ0v) is 15.9. The lowest BCUT2D eigenvalue weighted by molar-refractivity contribution is -0.122. The fourth-order valence-corrected chi connectivity index (χ4v) is 4.02. The van der Waals surface area contributed by atoms with Gasteiger partial charge in [0.15, 0.2) is 0 Å². The van der Waals surface area contributed by atoms with Gasteiger partial charge in [0.2, 0.25) is 5.91 Å². The number of nitrogens with one attached hydrogen (secondary N) is 2. The van der Waals surface area contributed by atoms with Crippen molar-refractivity contribution in [1.82, 2.24) is 15.5 Å². The highest BCUT2D eigenvalue weighted by Gasteiger charge is 2.26. The van der Waals surface area contributed by atoms with Crippen molar-refractivity contribution in [3.63, 3.8) is 0 Å². The maximum atomic E-state index is 13.6. The number of benzene rings is 1. The molecule has 1 aliphatic heterocycles. The van der Waals surface area contributed by atoms with Crippen molar-refractivity contribution in [2.45, 2.75) is 64.0 Å². The largest absolute Gasteiger partial charge is 0.352 e. The average molecular weight is 375 g/mol. The quantitative estimate of drug-likeness (QED) is 0.826. The van der Waals surface area contributed by atoms with Crippen LogP contribution < -0.4 is 10.6 Å². The van der Waals surface area contributed by atoms with Crippen molar-refractivity contribution in [3.8, 4) is 0 Å². The molecule has 2 aliphatic rings. The minimum Gasteiger partial charge on any atom is -0.352 e. The Morgan fingerprint density at radius 3 is 2.44 bits per heavy atom. The minimum absolute atomic E-state index is 0.0457. The first-order chi connectivity index (χ1) is 13.1. The number of likely N-dealkylation sites (tertiary alicyclic amines) is 1. The van der Waals surface area contributed by atoms with Crippen LogP contribution in [0.15, 0.2) is 24.3 Å². The molecule has 0 bridgehead atoms. The van der Waals surface area contributed by atoms with E-state index in [-0.39, 0.29) is 30.2 Å². The summed E-state index contributed by atoms with van der Waals surface area (Å²) in [6.45, 7) is 1.61. The lowest BCUT2D eigenvalue weighted by atomic mass is 9.93. The molecule has 0 atom stereocenters. The molecule has 1 heterocycles. The fourth-order valence-electron chi connectivity index (χ4n) is 4.02. The van der Waals surface area contributed by atoms with Crippen LogP contribution in [0.3, 0.4) is 0 Å². The topological polar surface area (TPSA) is 61.4 Å². The molecule has 0 radical (unpaired) electrons. The van der Waals surface area contributed by atoms with Crippen molar-refractivity contribution in [1.29, 1.82) is 0 Å². The first-order valence-corrected chi connectivity index (χ1v) is 10.2. The summed E-state index contributed by atoms with van der Waals surface area (Å²) in [4.78, 5) is 26.4. The molecule has 1 aromatic carbocycles. The molecule has 0 spiro atoms. The number of nitrogens with zero attached hydrogens (tertiary/aromatic N) is 1. The maximum Gasteiger partial charge on any atom is 0.317 e. The van der Waals surface area contributed by atoms with Crippen molar-refractivity contribution in [2.75, 3.05) is 13.1 Å². The van der Waals surface area contributed by atoms with Crippen LogP contribution in [0.1, 0.15) is 56.9 Å². The number of hydrogen-bond acceptors (Lipinski definition) is 2. The third kappa shape index (κ3) is 5.94. The number of amides is 3. The van der Waals surface area contributed by atoms with E-state index >= 15 is 0 Å².